The summed E-state index contributed by atoms with van der Waals surface area (Å²) in [7, 11) is 0. The number of carbonyl (C=O) groups is 1. The molecule has 5 heteroatoms. The van der Waals surface area contributed by atoms with Crippen LogP contribution in [0, 0.1) is 0 Å². The minimum atomic E-state index is 0.0171. The molecule has 0 aliphatic rings. The van der Waals surface area contributed by atoms with Crippen molar-refractivity contribution < 1.29 is 9.90 Å². The van der Waals surface area contributed by atoms with Gasteiger partial charge in [0.15, 0.2) is 6.29 Å². The minimum absolute atomic E-state index is 0.0171. The van der Waals surface area contributed by atoms with Crippen LogP contribution in [0.1, 0.15) is 10.4 Å². The lowest BCUT2D eigenvalue weighted by molar-refractivity contribution is 0.112. The summed E-state index contributed by atoms with van der Waals surface area (Å²) in [4.78, 5) is 15.8. The molecule has 0 unspecified atom stereocenters. The van der Waals surface area contributed by atoms with Gasteiger partial charge in [-0.05, 0) is 46.7 Å². The molecule has 118 valence electrons. The number of phenols is 1. The molecule has 3 heterocycles. The quantitative estimate of drug-likeness (QED) is 0.424. The fraction of sp³-hybridized carbons (Fsp3) is 0. The highest BCUT2D eigenvalue weighted by Crippen LogP contribution is 2.46. The summed E-state index contributed by atoms with van der Waals surface area (Å²) in [6, 6.07) is 15.7. The summed E-state index contributed by atoms with van der Waals surface area (Å²) in [6.45, 7) is 0. The van der Waals surface area contributed by atoms with Crippen LogP contribution in [-0.2, 0) is 0 Å². The Hall–Kier alpha value is -2.21. The van der Waals surface area contributed by atoms with Crippen LogP contribution in [0.3, 0.4) is 0 Å². The van der Waals surface area contributed by atoms with Crippen molar-refractivity contribution in [2.45, 2.75) is 0 Å². The molecule has 0 radical (unpaired) electrons. The van der Waals surface area contributed by atoms with E-state index in [0.717, 1.165) is 11.1 Å². The molecule has 0 spiro atoms. The largest absolute Gasteiger partial charge is 0.507 e. The van der Waals surface area contributed by atoms with E-state index in [1.165, 1.54) is 19.5 Å². The zero-order chi connectivity index (χ0) is 16.5. The highest BCUT2D eigenvalue weighted by atomic mass is 32.1. The Kier molecular flexibility index (Phi) is 4.06. The Bertz CT molecular complexity index is 980. The van der Waals surface area contributed by atoms with E-state index < -0.39 is 0 Å². The van der Waals surface area contributed by atoms with Crippen LogP contribution < -0.4 is 0 Å². The first-order chi connectivity index (χ1) is 11.8. The summed E-state index contributed by atoms with van der Waals surface area (Å²) in [5, 5.41) is 14.2. The van der Waals surface area contributed by atoms with Gasteiger partial charge in [-0.15, -0.1) is 34.0 Å². The monoisotopic (exact) mass is 368 g/mol. The van der Waals surface area contributed by atoms with E-state index in [1.807, 2.05) is 12.1 Å². The van der Waals surface area contributed by atoms with E-state index in [9.17, 15) is 9.90 Å². The molecule has 0 fully saturated rings. The van der Waals surface area contributed by atoms with E-state index >= 15 is 0 Å². The Morgan fingerprint density at radius 2 is 1.62 bits per heavy atom. The van der Waals surface area contributed by atoms with Gasteiger partial charge in [0, 0.05) is 20.2 Å². The van der Waals surface area contributed by atoms with Crippen molar-refractivity contribution in [3.63, 3.8) is 0 Å². The molecule has 4 aromatic rings. The van der Waals surface area contributed by atoms with Gasteiger partial charge in [0.2, 0.25) is 0 Å². The Labute approximate surface area is 151 Å². The van der Waals surface area contributed by atoms with Crippen molar-refractivity contribution in [2.75, 3.05) is 0 Å². The van der Waals surface area contributed by atoms with Gasteiger partial charge in [0.25, 0.3) is 0 Å². The van der Waals surface area contributed by atoms with E-state index in [4.69, 9.17) is 0 Å². The number of phenolic OH excluding ortho intramolecular Hbond substituents is 1. The Morgan fingerprint density at radius 3 is 2.25 bits per heavy atom. The molecule has 0 aliphatic carbocycles. The molecule has 0 saturated carbocycles. The first kappa shape index (κ1) is 15.3. The molecule has 0 bridgehead atoms. The number of carbonyl (C=O) groups excluding carboxylic acids is 1. The lowest BCUT2D eigenvalue weighted by Gasteiger charge is -2.04. The van der Waals surface area contributed by atoms with Crippen LogP contribution in [0.5, 0.6) is 5.75 Å². The lowest BCUT2D eigenvalue weighted by Crippen LogP contribution is -1.83. The molecule has 0 atom stereocenters. The second-order valence-electron chi connectivity index (χ2n) is 5.20. The van der Waals surface area contributed by atoms with Crippen LogP contribution in [-0.4, -0.2) is 11.4 Å². The molecule has 1 N–H and O–H groups in total. The topological polar surface area (TPSA) is 37.3 Å². The summed E-state index contributed by atoms with van der Waals surface area (Å²) in [5.74, 6) is 0.0171. The van der Waals surface area contributed by atoms with Crippen molar-refractivity contribution in [1.82, 2.24) is 0 Å². The smallest absolute Gasteiger partial charge is 0.153 e. The molecular weight excluding hydrogens is 356 g/mol. The molecule has 3 aromatic heterocycles. The summed E-state index contributed by atoms with van der Waals surface area (Å²) in [5.41, 5.74) is 2.31. The van der Waals surface area contributed by atoms with Gasteiger partial charge in [-0.3, -0.25) is 4.79 Å². The summed E-state index contributed by atoms with van der Waals surface area (Å²) in [6.07, 6.45) is 0.671. The van der Waals surface area contributed by atoms with Crippen LogP contribution >= 0.6 is 34.0 Å². The van der Waals surface area contributed by atoms with E-state index in [0.29, 0.717) is 11.8 Å². The van der Waals surface area contributed by atoms with Gasteiger partial charge in [-0.2, -0.15) is 0 Å². The maximum absolute atomic E-state index is 10.9. The molecule has 4 rings (SSSR count). The molecule has 1 aromatic carbocycles. The third kappa shape index (κ3) is 2.71. The predicted octanol–water partition coefficient (Wildman–Crippen LogP) is 6.39. The van der Waals surface area contributed by atoms with Crippen LogP contribution in [0.25, 0.3) is 30.6 Å². The third-order valence-corrected chi connectivity index (χ3v) is 6.96. The zero-order valence-corrected chi connectivity index (χ0v) is 14.9. The third-order valence-electron chi connectivity index (χ3n) is 3.71. The van der Waals surface area contributed by atoms with Gasteiger partial charge < -0.3 is 5.11 Å². The molecular formula is C19H12O2S3. The second-order valence-corrected chi connectivity index (χ2v) is 8.15. The van der Waals surface area contributed by atoms with E-state index in [2.05, 4.69) is 35.0 Å². The van der Waals surface area contributed by atoms with Gasteiger partial charge in [0.1, 0.15) is 5.75 Å². The normalized spacial score (nSPS) is 10.8. The minimum Gasteiger partial charge on any atom is -0.507 e. The van der Waals surface area contributed by atoms with Gasteiger partial charge in [0.05, 0.1) is 10.4 Å². The van der Waals surface area contributed by atoms with Gasteiger partial charge >= 0.3 is 0 Å². The van der Waals surface area contributed by atoms with E-state index in [1.54, 1.807) is 46.1 Å². The molecule has 24 heavy (non-hydrogen) atoms. The SMILES string of the molecule is O=Cc1ccc(-c2cc(-c3cccs3)sc2-c2cccs2)cc1O. The zero-order valence-electron chi connectivity index (χ0n) is 12.4. The number of aldehydes is 1. The van der Waals surface area contributed by atoms with Gasteiger partial charge in [-0.1, -0.05) is 18.2 Å². The lowest BCUT2D eigenvalue weighted by atomic mass is 10.0. The fourth-order valence-electron chi connectivity index (χ4n) is 2.55. The summed E-state index contributed by atoms with van der Waals surface area (Å²) >= 11 is 5.18. The van der Waals surface area contributed by atoms with E-state index in [-0.39, 0.29) is 5.75 Å². The second kappa shape index (κ2) is 6.36. The standard InChI is InChI=1S/C19H12O2S3/c20-11-13-6-5-12(9-15(13)21)14-10-18(16-3-1-7-22-16)24-19(14)17-4-2-8-23-17/h1-11,21H. The van der Waals surface area contributed by atoms with Crippen molar-refractivity contribution in [2.24, 2.45) is 0 Å². The predicted molar refractivity (Wildman–Crippen MR) is 103 cm³/mol. The number of thiophene rings is 3. The Balaban J connectivity index is 1.90. The highest BCUT2D eigenvalue weighted by molar-refractivity contribution is 7.26. The fourth-order valence-corrected chi connectivity index (χ4v) is 5.42. The molecule has 0 saturated heterocycles. The number of benzene rings is 1. The number of hydrogen-bond donors (Lipinski definition) is 1. The van der Waals surface area contributed by atoms with Crippen LogP contribution in [0.2, 0.25) is 0 Å². The number of hydrogen-bond acceptors (Lipinski definition) is 5. The maximum atomic E-state index is 10.9. The maximum Gasteiger partial charge on any atom is 0.153 e. The van der Waals surface area contributed by atoms with Crippen LogP contribution in [0.15, 0.2) is 59.3 Å². The number of aromatic hydroxyl groups is 1. The molecule has 2 nitrogen and oxygen atoms in total. The van der Waals surface area contributed by atoms with Gasteiger partial charge in [-0.25, -0.2) is 0 Å². The van der Waals surface area contributed by atoms with Crippen LogP contribution in [0.4, 0.5) is 0 Å². The van der Waals surface area contributed by atoms with Crippen molar-refractivity contribution in [3.05, 3.63) is 64.9 Å². The van der Waals surface area contributed by atoms with Crippen molar-refractivity contribution >= 4 is 40.3 Å². The molecule has 0 aliphatic heterocycles. The van der Waals surface area contributed by atoms with Crippen molar-refractivity contribution in [1.29, 1.82) is 0 Å². The number of rotatable bonds is 4. The first-order valence-corrected chi connectivity index (χ1v) is 9.84. The Morgan fingerprint density at radius 1 is 0.875 bits per heavy atom. The average Bonchev–Trinajstić information content (AvgIpc) is 3.33. The molecule has 0 amide bonds. The van der Waals surface area contributed by atoms with Crippen molar-refractivity contribution in [3.8, 4) is 36.4 Å². The summed E-state index contributed by atoms with van der Waals surface area (Å²) < 4.78 is 0. The average molecular weight is 369 g/mol. The highest BCUT2D eigenvalue weighted by Gasteiger charge is 2.16. The first-order valence-electron chi connectivity index (χ1n) is 7.26.